The van der Waals surface area contributed by atoms with E-state index in [-0.39, 0.29) is 12.4 Å². The molecule has 0 bridgehead atoms. The van der Waals surface area contributed by atoms with Crippen molar-refractivity contribution in [3.05, 3.63) is 25.3 Å². The van der Waals surface area contributed by atoms with Gasteiger partial charge in [-0.2, -0.15) is 0 Å². The van der Waals surface area contributed by atoms with Gasteiger partial charge in [-0.3, -0.25) is 0 Å². The molecule has 0 aliphatic rings. The number of halogens is 1. The van der Waals surface area contributed by atoms with Gasteiger partial charge in [-0.05, 0) is 37.8 Å². The van der Waals surface area contributed by atoms with Crippen LogP contribution in [0.3, 0.4) is 0 Å². The van der Waals surface area contributed by atoms with Crippen molar-refractivity contribution in [2.24, 2.45) is 0 Å². The molecule has 288 valence electrons. The van der Waals surface area contributed by atoms with E-state index in [1.165, 1.54) is 249 Å². The average Bonchev–Trinajstić information content (AvgIpc) is 3.07. The Labute approximate surface area is 312 Å². The lowest BCUT2D eigenvalue weighted by Gasteiger charge is -2.37. The van der Waals surface area contributed by atoms with E-state index >= 15 is 0 Å². The summed E-state index contributed by atoms with van der Waals surface area (Å²) in [6, 6.07) is 0. The number of hydrogen-bond acceptors (Lipinski definition) is 0. The second-order valence-corrected chi connectivity index (χ2v) is 15.8. The van der Waals surface area contributed by atoms with Crippen LogP contribution in [0, 0.1) is 0 Å². The van der Waals surface area contributed by atoms with Crippen LogP contribution in [0.4, 0.5) is 0 Å². The first-order valence-corrected chi connectivity index (χ1v) is 22.3. The molecular weight excluding hydrogens is 602 g/mol. The highest BCUT2D eigenvalue weighted by molar-refractivity contribution is 4.72. The SMILES string of the molecule is C=CC[N+](CC=C)(CCCCCCCCCCCCCCCCCCCC)CCCCCCCCCCCCCCCCCCCC.[Cl-]. The maximum Gasteiger partial charge on any atom is 0.0973 e. The molecule has 0 aromatic heterocycles. The smallest absolute Gasteiger partial charge is 0.0973 e. The fourth-order valence-electron chi connectivity index (χ4n) is 7.80. The predicted molar refractivity (Wildman–Crippen MR) is 218 cm³/mol. The van der Waals surface area contributed by atoms with Crippen LogP contribution in [0.25, 0.3) is 0 Å². The zero-order valence-electron chi connectivity index (χ0n) is 33.7. The Kier molecular flexibility index (Phi) is 44.5. The molecule has 1 nitrogen and oxygen atoms in total. The van der Waals surface area contributed by atoms with E-state index in [2.05, 4.69) is 39.2 Å². The molecule has 0 N–H and O–H groups in total. The largest absolute Gasteiger partial charge is 1.00 e. The van der Waals surface area contributed by atoms with Gasteiger partial charge in [-0.25, -0.2) is 0 Å². The molecule has 2 heteroatoms. The molecule has 0 aliphatic heterocycles. The van der Waals surface area contributed by atoms with Crippen LogP contribution in [-0.4, -0.2) is 30.7 Å². The molecule has 0 saturated heterocycles. The quantitative estimate of drug-likeness (QED) is 0.0339. The Bertz CT molecular complexity index is 549. The van der Waals surface area contributed by atoms with E-state index in [1.807, 2.05) is 0 Å². The molecule has 0 unspecified atom stereocenters. The third-order valence-corrected chi connectivity index (χ3v) is 11.0. The lowest BCUT2D eigenvalue weighted by atomic mass is 10.0. The van der Waals surface area contributed by atoms with Crippen LogP contribution in [0.2, 0.25) is 0 Å². The lowest BCUT2D eigenvalue weighted by molar-refractivity contribution is -0.917. The molecule has 0 aromatic carbocycles. The molecule has 0 radical (unpaired) electrons. The van der Waals surface area contributed by atoms with E-state index in [0.717, 1.165) is 13.1 Å². The van der Waals surface area contributed by atoms with Crippen molar-refractivity contribution < 1.29 is 16.9 Å². The Morgan fingerprint density at radius 1 is 0.292 bits per heavy atom. The van der Waals surface area contributed by atoms with E-state index in [9.17, 15) is 0 Å². The Hall–Kier alpha value is -0.270. The van der Waals surface area contributed by atoms with Crippen molar-refractivity contribution in [2.75, 3.05) is 26.2 Å². The van der Waals surface area contributed by atoms with Gasteiger partial charge in [0.1, 0.15) is 0 Å². The third-order valence-electron chi connectivity index (χ3n) is 11.0. The van der Waals surface area contributed by atoms with Gasteiger partial charge < -0.3 is 16.9 Å². The molecule has 0 rings (SSSR count). The molecule has 0 aromatic rings. The maximum absolute atomic E-state index is 4.14. The number of rotatable bonds is 42. The maximum atomic E-state index is 4.14. The van der Waals surface area contributed by atoms with Crippen molar-refractivity contribution in [1.82, 2.24) is 0 Å². The van der Waals surface area contributed by atoms with Crippen LogP contribution in [0.1, 0.15) is 245 Å². The van der Waals surface area contributed by atoms with Crippen molar-refractivity contribution in [3.8, 4) is 0 Å². The van der Waals surface area contributed by atoms with Crippen LogP contribution in [-0.2, 0) is 0 Å². The predicted octanol–water partition coefficient (Wildman–Crippen LogP) is 13.3. The van der Waals surface area contributed by atoms with Crippen LogP contribution in [0.5, 0.6) is 0 Å². The Morgan fingerprint density at radius 2 is 0.458 bits per heavy atom. The van der Waals surface area contributed by atoms with Gasteiger partial charge in [0.2, 0.25) is 0 Å². The minimum Gasteiger partial charge on any atom is -1.00 e. The average molecular weight is 695 g/mol. The highest BCUT2D eigenvalue weighted by Gasteiger charge is 2.23. The summed E-state index contributed by atoms with van der Waals surface area (Å²) < 4.78 is 1.20. The number of hydrogen-bond donors (Lipinski definition) is 0. The summed E-state index contributed by atoms with van der Waals surface area (Å²) in [6.07, 6.45) is 56.5. The second-order valence-electron chi connectivity index (χ2n) is 15.8. The first kappa shape index (κ1) is 49.8. The normalized spacial score (nSPS) is 11.5. The van der Waals surface area contributed by atoms with Crippen molar-refractivity contribution in [3.63, 3.8) is 0 Å². The number of nitrogens with zero attached hydrogens (tertiary/aromatic N) is 1. The Balaban J connectivity index is 0. The molecular formula is C46H92ClN. The summed E-state index contributed by atoms with van der Waals surface area (Å²) in [4.78, 5) is 0. The molecule has 0 aliphatic carbocycles. The van der Waals surface area contributed by atoms with Gasteiger partial charge in [0.25, 0.3) is 0 Å². The molecule has 0 saturated carbocycles. The van der Waals surface area contributed by atoms with Crippen LogP contribution < -0.4 is 12.4 Å². The summed E-state index contributed by atoms with van der Waals surface area (Å²) >= 11 is 0. The highest BCUT2D eigenvalue weighted by Crippen LogP contribution is 2.19. The lowest BCUT2D eigenvalue weighted by Crippen LogP contribution is -3.00. The number of quaternary nitrogens is 1. The van der Waals surface area contributed by atoms with Gasteiger partial charge in [0, 0.05) is 0 Å². The minimum absolute atomic E-state index is 0. The topological polar surface area (TPSA) is 0 Å². The van der Waals surface area contributed by atoms with Crippen molar-refractivity contribution in [1.29, 1.82) is 0 Å². The summed E-state index contributed by atoms with van der Waals surface area (Å²) in [5.74, 6) is 0. The van der Waals surface area contributed by atoms with E-state index < -0.39 is 0 Å². The fraction of sp³-hybridized carbons (Fsp3) is 0.913. The summed E-state index contributed by atoms with van der Waals surface area (Å²) in [6.45, 7) is 17.8. The van der Waals surface area contributed by atoms with Gasteiger partial charge in [-0.15, -0.1) is 0 Å². The van der Waals surface area contributed by atoms with Crippen molar-refractivity contribution >= 4 is 0 Å². The Morgan fingerprint density at radius 3 is 0.625 bits per heavy atom. The minimum atomic E-state index is 0. The van der Waals surface area contributed by atoms with Crippen molar-refractivity contribution in [2.45, 2.75) is 245 Å². The van der Waals surface area contributed by atoms with Gasteiger partial charge in [-0.1, -0.05) is 232 Å². The van der Waals surface area contributed by atoms with Gasteiger partial charge in [0.05, 0.1) is 26.2 Å². The summed E-state index contributed by atoms with van der Waals surface area (Å²) in [7, 11) is 0. The van der Waals surface area contributed by atoms with Crippen LogP contribution >= 0.6 is 0 Å². The summed E-state index contributed by atoms with van der Waals surface area (Å²) in [5.41, 5.74) is 0. The highest BCUT2D eigenvalue weighted by atomic mass is 35.5. The van der Waals surface area contributed by atoms with E-state index in [1.54, 1.807) is 0 Å². The molecule has 48 heavy (non-hydrogen) atoms. The summed E-state index contributed by atoms with van der Waals surface area (Å²) in [5, 5.41) is 0. The monoisotopic (exact) mass is 694 g/mol. The zero-order valence-corrected chi connectivity index (χ0v) is 34.4. The molecule has 0 fully saturated rings. The van der Waals surface area contributed by atoms with Gasteiger partial charge >= 0.3 is 0 Å². The van der Waals surface area contributed by atoms with E-state index in [4.69, 9.17) is 0 Å². The first-order chi connectivity index (χ1) is 23.2. The van der Waals surface area contributed by atoms with E-state index in [0.29, 0.717) is 0 Å². The van der Waals surface area contributed by atoms with Gasteiger partial charge in [0.15, 0.2) is 0 Å². The number of unbranched alkanes of at least 4 members (excludes halogenated alkanes) is 34. The zero-order chi connectivity index (χ0) is 34.2. The molecule has 0 spiro atoms. The molecule has 0 amide bonds. The fourth-order valence-corrected chi connectivity index (χ4v) is 7.80. The van der Waals surface area contributed by atoms with Crippen LogP contribution in [0.15, 0.2) is 25.3 Å². The molecule has 0 atom stereocenters. The molecule has 0 heterocycles. The standard InChI is InChI=1S/C46H92N.ClH/c1-5-9-11-13-15-17-19-21-23-25-27-29-31-33-35-37-39-41-45-47(43-7-3,44-8-4)46-42-40-38-36-34-32-30-28-26-24-22-20-18-16-14-12-10-6-2;/h7-8H,3-6,9-46H2,1-2H3;1H/q+1;/p-1. The second kappa shape index (κ2) is 42.9. The third kappa shape index (κ3) is 37.0. The first-order valence-electron chi connectivity index (χ1n) is 22.3.